The molecule has 31 heavy (non-hydrogen) atoms. The largest absolute Gasteiger partial charge is 0.438 e. The van der Waals surface area contributed by atoms with Gasteiger partial charge in [0.25, 0.3) is 0 Å². The van der Waals surface area contributed by atoms with Gasteiger partial charge in [0.15, 0.2) is 0 Å². The van der Waals surface area contributed by atoms with Crippen LogP contribution >= 0.6 is 11.8 Å². The molecule has 1 aliphatic heterocycles. The summed E-state index contributed by atoms with van der Waals surface area (Å²) in [6.07, 6.45) is 1.55. The van der Waals surface area contributed by atoms with E-state index in [1.807, 2.05) is 37.3 Å². The van der Waals surface area contributed by atoms with Crippen LogP contribution in [0.3, 0.4) is 0 Å². The molecule has 1 aliphatic rings. The summed E-state index contributed by atoms with van der Waals surface area (Å²) in [5, 5.41) is 12.0. The number of para-hydroxylation sites is 1. The van der Waals surface area contributed by atoms with Crippen LogP contribution in [0, 0.1) is 18.3 Å². The number of pyridine rings is 1. The van der Waals surface area contributed by atoms with Crippen molar-refractivity contribution in [3.63, 3.8) is 0 Å². The zero-order chi connectivity index (χ0) is 21.8. The molecular formula is C23H18N4O3S. The first-order chi connectivity index (χ1) is 15.0. The summed E-state index contributed by atoms with van der Waals surface area (Å²) >= 11 is 1.48. The molecule has 2 aromatic carbocycles. The Kier molecular flexibility index (Phi) is 5.87. The van der Waals surface area contributed by atoms with Crippen LogP contribution in [0.5, 0.6) is 11.6 Å². The number of thioether (sulfide) groups is 1. The van der Waals surface area contributed by atoms with Crippen molar-refractivity contribution >= 4 is 35.0 Å². The van der Waals surface area contributed by atoms with Crippen molar-refractivity contribution in [1.82, 2.24) is 4.98 Å². The molecule has 3 aromatic rings. The van der Waals surface area contributed by atoms with Gasteiger partial charge in [-0.3, -0.25) is 9.59 Å². The third kappa shape index (κ3) is 4.52. The molecule has 7 nitrogen and oxygen atoms in total. The number of carbonyl (C=O) groups is 2. The van der Waals surface area contributed by atoms with Crippen molar-refractivity contribution in [2.45, 2.75) is 11.8 Å². The van der Waals surface area contributed by atoms with Crippen molar-refractivity contribution in [2.75, 3.05) is 22.5 Å². The van der Waals surface area contributed by atoms with Crippen molar-refractivity contribution in [3.8, 4) is 17.7 Å². The molecular weight excluding hydrogens is 412 g/mol. The number of fused-ring (bicyclic) bond motifs is 1. The topological polar surface area (TPSA) is 95.3 Å². The number of amides is 2. The second-order valence-corrected chi connectivity index (χ2v) is 7.85. The van der Waals surface area contributed by atoms with Crippen LogP contribution in [0.4, 0.5) is 11.4 Å². The van der Waals surface area contributed by atoms with Gasteiger partial charge in [0.2, 0.25) is 17.7 Å². The predicted octanol–water partition coefficient (Wildman–Crippen LogP) is 4.13. The molecule has 4 rings (SSSR count). The molecule has 0 radical (unpaired) electrons. The van der Waals surface area contributed by atoms with Gasteiger partial charge in [0.05, 0.1) is 11.4 Å². The predicted molar refractivity (Wildman–Crippen MR) is 118 cm³/mol. The Morgan fingerprint density at radius 2 is 2.10 bits per heavy atom. The molecule has 0 atom stereocenters. The van der Waals surface area contributed by atoms with Gasteiger partial charge in [0.1, 0.15) is 23.9 Å². The van der Waals surface area contributed by atoms with Crippen LogP contribution in [-0.2, 0) is 9.59 Å². The van der Waals surface area contributed by atoms with E-state index in [9.17, 15) is 9.59 Å². The van der Waals surface area contributed by atoms with Crippen LogP contribution in [0.2, 0.25) is 0 Å². The van der Waals surface area contributed by atoms with Crippen LogP contribution in [-0.4, -0.2) is 29.1 Å². The van der Waals surface area contributed by atoms with Crippen LogP contribution in [0.25, 0.3) is 0 Å². The van der Waals surface area contributed by atoms with E-state index in [-0.39, 0.29) is 24.2 Å². The van der Waals surface area contributed by atoms with E-state index in [0.717, 1.165) is 16.1 Å². The summed E-state index contributed by atoms with van der Waals surface area (Å²) in [7, 11) is 0. The van der Waals surface area contributed by atoms with Crippen LogP contribution < -0.4 is 15.0 Å². The maximum absolute atomic E-state index is 12.7. The van der Waals surface area contributed by atoms with Gasteiger partial charge in [-0.2, -0.15) is 5.26 Å². The second-order valence-electron chi connectivity index (χ2n) is 6.83. The third-order valence-corrected chi connectivity index (χ3v) is 5.74. The fourth-order valence-corrected chi connectivity index (χ4v) is 4.11. The van der Waals surface area contributed by atoms with Crippen molar-refractivity contribution in [3.05, 3.63) is 71.9 Å². The minimum absolute atomic E-state index is 0.0619. The molecule has 0 bridgehead atoms. The minimum Gasteiger partial charge on any atom is -0.438 e. The summed E-state index contributed by atoms with van der Waals surface area (Å²) in [6, 6.07) is 18.1. The number of hydrogen-bond donors (Lipinski definition) is 1. The van der Waals surface area contributed by atoms with E-state index in [0.29, 0.717) is 22.8 Å². The first kappa shape index (κ1) is 20.4. The maximum Gasteiger partial charge on any atom is 0.244 e. The number of anilines is 2. The van der Waals surface area contributed by atoms with Crippen molar-refractivity contribution < 1.29 is 14.3 Å². The molecule has 1 N–H and O–H groups in total. The summed E-state index contributed by atoms with van der Waals surface area (Å²) in [6.45, 7) is 1.78. The van der Waals surface area contributed by atoms with E-state index in [1.54, 1.807) is 36.5 Å². The molecule has 154 valence electrons. The van der Waals surface area contributed by atoms with Gasteiger partial charge in [0, 0.05) is 16.8 Å². The number of nitriles is 1. The quantitative estimate of drug-likeness (QED) is 0.654. The van der Waals surface area contributed by atoms with Gasteiger partial charge >= 0.3 is 0 Å². The summed E-state index contributed by atoms with van der Waals surface area (Å²) in [5.41, 5.74) is 2.48. The molecule has 2 amide bonds. The Labute approximate surface area is 183 Å². The summed E-state index contributed by atoms with van der Waals surface area (Å²) in [5.74, 6) is 0.656. The number of carbonyl (C=O) groups excluding carboxylic acids is 2. The monoisotopic (exact) mass is 430 g/mol. The van der Waals surface area contributed by atoms with Gasteiger partial charge < -0.3 is 15.0 Å². The molecule has 8 heteroatoms. The lowest BCUT2D eigenvalue weighted by molar-refractivity contribution is -0.120. The average molecular weight is 430 g/mol. The number of aryl methyl sites for hydroxylation is 1. The molecule has 0 saturated carbocycles. The van der Waals surface area contributed by atoms with E-state index in [4.69, 9.17) is 10.00 Å². The lowest BCUT2D eigenvalue weighted by Gasteiger charge is -2.28. The molecule has 0 unspecified atom stereocenters. The highest BCUT2D eigenvalue weighted by Crippen LogP contribution is 2.35. The Bertz CT molecular complexity index is 1210. The summed E-state index contributed by atoms with van der Waals surface area (Å²) < 4.78 is 5.71. The first-order valence-electron chi connectivity index (χ1n) is 9.51. The Balaban J connectivity index is 1.46. The number of ether oxygens (including phenoxy) is 1. The second kappa shape index (κ2) is 8.90. The number of nitrogens with zero attached hydrogens (tertiary/aromatic N) is 3. The molecule has 1 aromatic heterocycles. The number of aromatic nitrogens is 1. The Hall–Kier alpha value is -3.83. The highest BCUT2D eigenvalue weighted by atomic mass is 32.2. The number of hydrogen-bond acceptors (Lipinski definition) is 6. The SMILES string of the molecule is Cc1cc(Oc2ncccc2C#N)ccc1NC(=O)CN1C(=O)CSc2ccccc21. The number of benzene rings is 2. The normalized spacial score (nSPS) is 12.6. The molecule has 0 saturated heterocycles. The Morgan fingerprint density at radius 3 is 2.90 bits per heavy atom. The fraction of sp³-hybridized carbons (Fsp3) is 0.130. The lowest BCUT2D eigenvalue weighted by atomic mass is 10.2. The minimum atomic E-state index is -0.289. The Morgan fingerprint density at radius 1 is 1.26 bits per heavy atom. The number of rotatable bonds is 5. The smallest absolute Gasteiger partial charge is 0.244 e. The van der Waals surface area contributed by atoms with E-state index < -0.39 is 0 Å². The van der Waals surface area contributed by atoms with Crippen molar-refractivity contribution in [2.24, 2.45) is 0 Å². The van der Waals surface area contributed by atoms with Gasteiger partial charge in [-0.25, -0.2) is 4.98 Å². The standard InChI is InChI=1S/C23H18N4O3S/c1-15-11-17(30-23-16(12-24)5-4-10-25-23)8-9-18(15)26-21(28)13-27-19-6-2-3-7-20(19)31-14-22(27)29/h2-11H,13-14H2,1H3,(H,26,28). The van der Waals surface area contributed by atoms with Crippen molar-refractivity contribution in [1.29, 1.82) is 5.26 Å². The molecule has 0 fully saturated rings. The van der Waals surface area contributed by atoms with Gasteiger partial charge in [-0.1, -0.05) is 12.1 Å². The highest BCUT2D eigenvalue weighted by Gasteiger charge is 2.26. The fourth-order valence-electron chi connectivity index (χ4n) is 3.17. The molecule has 2 heterocycles. The number of nitrogens with one attached hydrogen (secondary N) is 1. The maximum atomic E-state index is 12.7. The zero-order valence-electron chi connectivity index (χ0n) is 16.7. The highest BCUT2D eigenvalue weighted by molar-refractivity contribution is 8.00. The van der Waals surface area contributed by atoms with Gasteiger partial charge in [-0.15, -0.1) is 11.8 Å². The van der Waals surface area contributed by atoms with Crippen LogP contribution in [0.1, 0.15) is 11.1 Å². The average Bonchev–Trinajstić information content (AvgIpc) is 2.78. The zero-order valence-corrected chi connectivity index (χ0v) is 17.5. The molecule has 0 aliphatic carbocycles. The van der Waals surface area contributed by atoms with E-state index >= 15 is 0 Å². The van der Waals surface area contributed by atoms with E-state index in [2.05, 4.69) is 10.3 Å². The lowest BCUT2D eigenvalue weighted by Crippen LogP contribution is -2.41. The molecule has 0 spiro atoms. The first-order valence-corrected chi connectivity index (χ1v) is 10.5. The van der Waals surface area contributed by atoms with Gasteiger partial charge in [-0.05, 0) is 55.0 Å². The van der Waals surface area contributed by atoms with E-state index in [1.165, 1.54) is 16.7 Å². The summed E-state index contributed by atoms with van der Waals surface area (Å²) in [4.78, 5) is 31.6. The third-order valence-electron chi connectivity index (χ3n) is 4.69. The van der Waals surface area contributed by atoms with Crippen LogP contribution in [0.15, 0.2) is 65.7 Å².